The first-order valence-corrected chi connectivity index (χ1v) is 10.4. The number of aromatic nitrogens is 2. The summed E-state index contributed by atoms with van der Waals surface area (Å²) in [6.07, 6.45) is 8.66. The fraction of sp³-hybridized carbons (Fsp3) is 0.682. The Hall–Kier alpha value is -1.59. The van der Waals surface area contributed by atoms with E-state index >= 15 is 0 Å². The molecule has 0 aliphatic carbocycles. The van der Waals surface area contributed by atoms with Crippen molar-refractivity contribution in [2.45, 2.75) is 57.7 Å². The summed E-state index contributed by atoms with van der Waals surface area (Å²) in [4.78, 5) is 2.81. The molecule has 4 atom stereocenters. The molecular weight excluding hydrogens is 338 g/mol. The van der Waals surface area contributed by atoms with Crippen LogP contribution in [0.15, 0.2) is 24.4 Å². The van der Waals surface area contributed by atoms with Crippen LogP contribution in [-0.2, 0) is 11.3 Å². The van der Waals surface area contributed by atoms with Gasteiger partial charge in [-0.05, 0) is 56.1 Å². The van der Waals surface area contributed by atoms with Crippen molar-refractivity contribution >= 4 is 10.9 Å². The minimum atomic E-state index is 0.581. The Morgan fingerprint density at radius 2 is 1.93 bits per heavy atom. The first-order chi connectivity index (χ1) is 13.2. The topological polar surface area (TPSA) is 39.5 Å². The van der Waals surface area contributed by atoms with Crippen LogP contribution in [-0.4, -0.2) is 54.1 Å². The standard InChI is InChI=1S/C22H33N3O2/c1-16(15-25-22-12-21(27-3)7-4-18(22)13-23-25)14-24-19-5-6-20(24)11-17(10-19)8-9-26-2/h4,7,12-13,16-17,19-20H,5-6,8-11,14-15H2,1-3H3/t16-,17-,19-,20+/m1/s1. The summed E-state index contributed by atoms with van der Waals surface area (Å²) in [6.45, 7) is 5.41. The lowest BCUT2D eigenvalue weighted by Crippen LogP contribution is -2.45. The molecule has 2 aliphatic heterocycles. The lowest BCUT2D eigenvalue weighted by atomic mass is 9.88. The van der Waals surface area contributed by atoms with Crippen LogP contribution < -0.4 is 4.74 Å². The zero-order valence-electron chi connectivity index (χ0n) is 16.9. The van der Waals surface area contributed by atoms with Crippen molar-refractivity contribution < 1.29 is 9.47 Å². The highest BCUT2D eigenvalue weighted by atomic mass is 16.5. The van der Waals surface area contributed by atoms with Gasteiger partial charge < -0.3 is 9.47 Å². The van der Waals surface area contributed by atoms with Crippen LogP contribution >= 0.6 is 0 Å². The molecule has 5 nitrogen and oxygen atoms in total. The second-order valence-electron chi connectivity index (χ2n) is 8.56. The summed E-state index contributed by atoms with van der Waals surface area (Å²) in [5.41, 5.74) is 1.17. The minimum absolute atomic E-state index is 0.581. The van der Waals surface area contributed by atoms with Crippen molar-refractivity contribution in [3.05, 3.63) is 24.4 Å². The van der Waals surface area contributed by atoms with E-state index in [4.69, 9.17) is 9.47 Å². The number of piperidine rings is 1. The molecule has 0 N–H and O–H groups in total. The minimum Gasteiger partial charge on any atom is -0.497 e. The van der Waals surface area contributed by atoms with Crippen molar-refractivity contribution in [3.8, 4) is 5.75 Å². The number of hydrogen-bond donors (Lipinski definition) is 0. The molecule has 27 heavy (non-hydrogen) atoms. The van der Waals surface area contributed by atoms with Crippen LogP contribution in [0.25, 0.3) is 10.9 Å². The molecular formula is C22H33N3O2. The SMILES string of the molecule is COCC[C@@H]1C[C@H]2CC[C@@H](C1)N2C[C@@H](C)Cn1ncc2ccc(OC)cc21. The number of fused-ring (bicyclic) bond motifs is 3. The Morgan fingerprint density at radius 3 is 2.63 bits per heavy atom. The maximum absolute atomic E-state index is 5.39. The first-order valence-electron chi connectivity index (χ1n) is 10.4. The molecule has 5 heteroatoms. The molecule has 2 fully saturated rings. The highest BCUT2D eigenvalue weighted by molar-refractivity contribution is 5.80. The lowest BCUT2D eigenvalue weighted by molar-refractivity contribution is 0.0700. The third-order valence-electron chi connectivity index (χ3n) is 6.57. The van der Waals surface area contributed by atoms with Crippen molar-refractivity contribution in [2.75, 3.05) is 27.4 Å². The summed E-state index contributed by atoms with van der Waals surface area (Å²) in [5, 5.41) is 5.81. The van der Waals surface area contributed by atoms with E-state index in [9.17, 15) is 0 Å². The third-order valence-corrected chi connectivity index (χ3v) is 6.57. The van der Waals surface area contributed by atoms with Gasteiger partial charge in [0.2, 0.25) is 0 Å². The van der Waals surface area contributed by atoms with Gasteiger partial charge in [0.1, 0.15) is 5.75 Å². The molecule has 3 heterocycles. The maximum atomic E-state index is 5.39. The van der Waals surface area contributed by atoms with Gasteiger partial charge in [-0.15, -0.1) is 0 Å². The highest BCUT2D eigenvalue weighted by Crippen LogP contribution is 2.40. The van der Waals surface area contributed by atoms with Gasteiger partial charge in [0.05, 0.1) is 18.8 Å². The van der Waals surface area contributed by atoms with Gasteiger partial charge in [0, 0.05) is 50.3 Å². The molecule has 148 valence electrons. The molecule has 1 aromatic heterocycles. The summed E-state index contributed by atoms with van der Waals surface area (Å²) < 4.78 is 12.8. The van der Waals surface area contributed by atoms with Gasteiger partial charge in [-0.3, -0.25) is 9.58 Å². The van der Waals surface area contributed by atoms with E-state index in [0.29, 0.717) is 5.92 Å². The van der Waals surface area contributed by atoms with Gasteiger partial charge >= 0.3 is 0 Å². The summed E-state index contributed by atoms with van der Waals surface area (Å²) >= 11 is 0. The molecule has 1 aromatic carbocycles. The second kappa shape index (κ2) is 8.19. The van der Waals surface area contributed by atoms with Crippen LogP contribution in [0.5, 0.6) is 5.75 Å². The molecule has 0 saturated carbocycles. The number of hydrogen-bond acceptors (Lipinski definition) is 4. The predicted octanol–water partition coefficient (Wildman–Crippen LogP) is 3.96. The molecule has 0 radical (unpaired) electrons. The molecule has 2 bridgehead atoms. The molecule has 4 rings (SSSR count). The fourth-order valence-corrected chi connectivity index (χ4v) is 5.24. The zero-order valence-corrected chi connectivity index (χ0v) is 16.9. The van der Waals surface area contributed by atoms with Crippen molar-refractivity contribution in [2.24, 2.45) is 11.8 Å². The normalized spacial score (nSPS) is 26.6. The molecule has 0 unspecified atom stereocenters. The maximum Gasteiger partial charge on any atom is 0.121 e. The smallest absolute Gasteiger partial charge is 0.121 e. The Bertz CT molecular complexity index is 745. The van der Waals surface area contributed by atoms with Gasteiger partial charge in [0.15, 0.2) is 0 Å². The number of ether oxygens (including phenoxy) is 2. The van der Waals surface area contributed by atoms with Crippen LogP contribution in [0.2, 0.25) is 0 Å². The largest absolute Gasteiger partial charge is 0.497 e. The van der Waals surface area contributed by atoms with Crippen LogP contribution in [0.3, 0.4) is 0 Å². The third kappa shape index (κ3) is 3.99. The van der Waals surface area contributed by atoms with E-state index in [2.05, 4.69) is 33.7 Å². The lowest BCUT2D eigenvalue weighted by Gasteiger charge is -2.40. The Morgan fingerprint density at radius 1 is 1.15 bits per heavy atom. The molecule has 2 aromatic rings. The Balaban J connectivity index is 1.38. The Labute approximate surface area is 162 Å². The van der Waals surface area contributed by atoms with Crippen LogP contribution in [0.1, 0.15) is 39.0 Å². The summed E-state index contributed by atoms with van der Waals surface area (Å²) in [6, 6.07) is 7.75. The monoisotopic (exact) mass is 371 g/mol. The number of rotatable bonds is 8. The number of methoxy groups -OCH3 is 2. The van der Waals surface area contributed by atoms with E-state index in [1.165, 1.54) is 49.6 Å². The van der Waals surface area contributed by atoms with Crippen molar-refractivity contribution in [1.29, 1.82) is 0 Å². The summed E-state index contributed by atoms with van der Waals surface area (Å²) in [5.74, 6) is 2.34. The van der Waals surface area contributed by atoms with Crippen LogP contribution in [0, 0.1) is 11.8 Å². The highest BCUT2D eigenvalue weighted by Gasteiger charge is 2.40. The average Bonchev–Trinajstić information content (AvgIpc) is 3.16. The van der Waals surface area contributed by atoms with E-state index < -0.39 is 0 Å². The van der Waals surface area contributed by atoms with E-state index in [-0.39, 0.29) is 0 Å². The first kappa shape index (κ1) is 18.8. The van der Waals surface area contributed by atoms with E-state index in [1.54, 1.807) is 7.11 Å². The number of benzene rings is 1. The Kier molecular flexibility index (Phi) is 5.69. The van der Waals surface area contributed by atoms with Gasteiger partial charge in [-0.25, -0.2) is 0 Å². The second-order valence-corrected chi connectivity index (χ2v) is 8.56. The van der Waals surface area contributed by atoms with Crippen LogP contribution in [0.4, 0.5) is 0 Å². The van der Waals surface area contributed by atoms with Gasteiger partial charge in [-0.2, -0.15) is 5.10 Å². The number of nitrogens with zero attached hydrogens (tertiary/aromatic N) is 3. The van der Waals surface area contributed by atoms with Crippen molar-refractivity contribution in [1.82, 2.24) is 14.7 Å². The van der Waals surface area contributed by atoms with Gasteiger partial charge in [0.25, 0.3) is 0 Å². The zero-order chi connectivity index (χ0) is 18.8. The average molecular weight is 372 g/mol. The quantitative estimate of drug-likeness (QED) is 0.704. The molecule has 2 aliphatic rings. The van der Waals surface area contributed by atoms with Crippen molar-refractivity contribution in [3.63, 3.8) is 0 Å². The predicted molar refractivity (Wildman–Crippen MR) is 108 cm³/mol. The molecule has 0 amide bonds. The van der Waals surface area contributed by atoms with E-state index in [0.717, 1.165) is 36.9 Å². The van der Waals surface area contributed by atoms with Gasteiger partial charge in [-0.1, -0.05) is 6.92 Å². The molecule has 2 saturated heterocycles. The summed E-state index contributed by atoms with van der Waals surface area (Å²) in [7, 11) is 3.54. The molecule has 0 spiro atoms. The van der Waals surface area contributed by atoms with E-state index in [1.807, 2.05) is 19.4 Å². The fourth-order valence-electron chi connectivity index (χ4n) is 5.24.